The van der Waals surface area contributed by atoms with Gasteiger partial charge in [-0.25, -0.2) is 4.98 Å². The van der Waals surface area contributed by atoms with E-state index >= 15 is 0 Å². The summed E-state index contributed by atoms with van der Waals surface area (Å²) < 4.78 is 1.95. The molecular formula is C13H23ClN4. The van der Waals surface area contributed by atoms with Crippen molar-refractivity contribution in [2.24, 2.45) is 18.7 Å². The lowest BCUT2D eigenvalue weighted by atomic mass is 9.95. The van der Waals surface area contributed by atoms with Crippen molar-refractivity contribution in [2.75, 3.05) is 13.1 Å². The Bertz CT molecular complexity index is 402. The second kappa shape index (κ2) is 5.59. The van der Waals surface area contributed by atoms with E-state index < -0.39 is 0 Å². The maximum absolute atomic E-state index is 6.32. The Morgan fingerprint density at radius 1 is 1.56 bits per heavy atom. The average Bonchev–Trinajstić information content (AvgIpc) is 2.60. The zero-order chi connectivity index (χ0) is 13.3. The third-order valence-electron chi connectivity index (χ3n) is 3.61. The second-order valence-electron chi connectivity index (χ2n) is 5.64. The number of hydrogen-bond acceptors (Lipinski definition) is 3. The Labute approximate surface area is 114 Å². The van der Waals surface area contributed by atoms with Crippen LogP contribution in [0.25, 0.3) is 0 Å². The normalized spacial score (nSPS) is 25.9. The molecule has 1 fully saturated rings. The third-order valence-corrected chi connectivity index (χ3v) is 3.96. The lowest BCUT2D eigenvalue weighted by Crippen LogP contribution is -2.48. The molecule has 4 nitrogen and oxygen atoms in total. The summed E-state index contributed by atoms with van der Waals surface area (Å²) in [6, 6.07) is 0.341. The van der Waals surface area contributed by atoms with E-state index in [9.17, 15) is 0 Å². The van der Waals surface area contributed by atoms with Crippen LogP contribution in [0, 0.1) is 5.92 Å². The first-order chi connectivity index (χ1) is 8.50. The fourth-order valence-electron chi connectivity index (χ4n) is 2.80. The summed E-state index contributed by atoms with van der Waals surface area (Å²) in [4.78, 5) is 6.91. The molecule has 1 aliphatic heterocycles. The molecule has 0 spiro atoms. The van der Waals surface area contributed by atoms with Gasteiger partial charge in [-0.2, -0.15) is 0 Å². The Balaban J connectivity index is 2.27. The standard InChI is InChI=1S/C13H23ClN4/c1-9(2)8-18-6-4-5-10(15)12(18)13-16-7-11(14)17(13)3/h7,9-10,12H,4-6,8,15H2,1-3H3. The monoisotopic (exact) mass is 270 g/mol. The highest BCUT2D eigenvalue weighted by atomic mass is 35.5. The van der Waals surface area contributed by atoms with Gasteiger partial charge in [-0.05, 0) is 25.3 Å². The highest BCUT2D eigenvalue weighted by molar-refractivity contribution is 6.29. The fourth-order valence-corrected chi connectivity index (χ4v) is 2.94. The van der Waals surface area contributed by atoms with Crippen LogP contribution in [0.15, 0.2) is 6.20 Å². The Hall–Kier alpha value is -0.580. The number of hydrogen-bond donors (Lipinski definition) is 1. The minimum Gasteiger partial charge on any atom is -0.326 e. The molecule has 0 amide bonds. The minimum atomic E-state index is 0.148. The van der Waals surface area contributed by atoms with E-state index in [0.29, 0.717) is 11.1 Å². The van der Waals surface area contributed by atoms with Gasteiger partial charge in [0, 0.05) is 19.6 Å². The van der Waals surface area contributed by atoms with Crippen LogP contribution in [0.3, 0.4) is 0 Å². The van der Waals surface area contributed by atoms with E-state index in [2.05, 4.69) is 23.7 Å². The molecule has 0 aromatic carbocycles. The van der Waals surface area contributed by atoms with Gasteiger partial charge >= 0.3 is 0 Å². The quantitative estimate of drug-likeness (QED) is 0.916. The Morgan fingerprint density at radius 3 is 2.83 bits per heavy atom. The van der Waals surface area contributed by atoms with Gasteiger partial charge in [0.1, 0.15) is 11.0 Å². The molecule has 0 aliphatic carbocycles. The summed E-state index contributed by atoms with van der Waals surface area (Å²) in [6.45, 7) is 6.63. The van der Waals surface area contributed by atoms with Crippen molar-refractivity contribution in [3.63, 3.8) is 0 Å². The van der Waals surface area contributed by atoms with Crippen LogP contribution in [-0.4, -0.2) is 33.6 Å². The summed E-state index contributed by atoms with van der Waals surface area (Å²) in [5.74, 6) is 1.63. The van der Waals surface area contributed by atoms with E-state index in [1.165, 1.54) is 6.42 Å². The highest BCUT2D eigenvalue weighted by Crippen LogP contribution is 2.30. The predicted octanol–water partition coefficient (Wildman–Crippen LogP) is 2.19. The third kappa shape index (κ3) is 2.71. The van der Waals surface area contributed by atoms with Gasteiger partial charge in [0.05, 0.1) is 12.2 Å². The fraction of sp³-hybridized carbons (Fsp3) is 0.769. The van der Waals surface area contributed by atoms with Gasteiger partial charge in [0.2, 0.25) is 0 Å². The Kier molecular flexibility index (Phi) is 4.30. The molecule has 1 aliphatic rings. The van der Waals surface area contributed by atoms with E-state index in [1.54, 1.807) is 6.20 Å². The number of piperidine rings is 1. The van der Waals surface area contributed by atoms with Crippen LogP contribution in [0.2, 0.25) is 5.15 Å². The molecule has 2 heterocycles. The van der Waals surface area contributed by atoms with Crippen LogP contribution in [0.1, 0.15) is 38.6 Å². The highest BCUT2D eigenvalue weighted by Gasteiger charge is 2.33. The molecule has 1 saturated heterocycles. The number of imidazole rings is 1. The predicted molar refractivity (Wildman–Crippen MR) is 74.6 cm³/mol. The number of halogens is 1. The van der Waals surface area contributed by atoms with Gasteiger partial charge in [-0.15, -0.1) is 0 Å². The SMILES string of the molecule is CC(C)CN1CCCC(N)C1c1ncc(Cl)n1C. The zero-order valence-corrected chi connectivity index (χ0v) is 12.2. The summed E-state index contributed by atoms with van der Waals surface area (Å²) in [7, 11) is 1.96. The van der Waals surface area contributed by atoms with Gasteiger partial charge in [-0.3, -0.25) is 4.90 Å². The van der Waals surface area contributed by atoms with Crippen molar-refractivity contribution < 1.29 is 0 Å². The summed E-state index contributed by atoms with van der Waals surface area (Å²) >= 11 is 6.09. The van der Waals surface area contributed by atoms with Crippen molar-refractivity contribution in [1.29, 1.82) is 0 Å². The van der Waals surface area contributed by atoms with Crippen molar-refractivity contribution in [1.82, 2.24) is 14.5 Å². The van der Waals surface area contributed by atoms with Crippen molar-refractivity contribution in [2.45, 2.75) is 38.8 Å². The largest absolute Gasteiger partial charge is 0.326 e. The molecule has 1 aromatic heterocycles. The van der Waals surface area contributed by atoms with Crippen molar-refractivity contribution >= 4 is 11.6 Å². The topological polar surface area (TPSA) is 47.1 Å². The number of rotatable bonds is 3. The zero-order valence-electron chi connectivity index (χ0n) is 11.4. The molecule has 1 aromatic rings. The van der Waals surface area contributed by atoms with E-state index in [4.69, 9.17) is 17.3 Å². The maximum atomic E-state index is 6.32. The Morgan fingerprint density at radius 2 is 2.28 bits per heavy atom. The molecular weight excluding hydrogens is 248 g/mol. The second-order valence-corrected chi connectivity index (χ2v) is 6.03. The number of nitrogens with zero attached hydrogens (tertiary/aromatic N) is 3. The van der Waals surface area contributed by atoms with Crippen LogP contribution in [-0.2, 0) is 7.05 Å². The molecule has 2 N–H and O–H groups in total. The first-order valence-corrected chi connectivity index (χ1v) is 7.05. The lowest BCUT2D eigenvalue weighted by molar-refractivity contribution is 0.106. The number of likely N-dealkylation sites (tertiary alicyclic amines) is 1. The van der Waals surface area contributed by atoms with Gasteiger partial charge < -0.3 is 10.3 Å². The van der Waals surface area contributed by atoms with Gasteiger partial charge in [-0.1, -0.05) is 25.4 Å². The lowest BCUT2D eigenvalue weighted by Gasteiger charge is -2.40. The number of aromatic nitrogens is 2. The van der Waals surface area contributed by atoms with Gasteiger partial charge in [0.15, 0.2) is 0 Å². The minimum absolute atomic E-state index is 0.148. The summed E-state index contributed by atoms with van der Waals surface area (Å²) in [5, 5.41) is 0.673. The molecule has 2 atom stereocenters. The first kappa shape index (κ1) is 13.8. The van der Waals surface area contributed by atoms with E-state index in [-0.39, 0.29) is 12.1 Å². The average molecular weight is 271 g/mol. The molecule has 2 rings (SSSR count). The van der Waals surface area contributed by atoms with Crippen molar-refractivity contribution in [3.05, 3.63) is 17.2 Å². The van der Waals surface area contributed by atoms with Crippen LogP contribution in [0.5, 0.6) is 0 Å². The molecule has 0 saturated carbocycles. The van der Waals surface area contributed by atoms with E-state index in [0.717, 1.165) is 25.3 Å². The summed E-state index contributed by atoms with van der Waals surface area (Å²) in [5.41, 5.74) is 6.32. The molecule has 0 radical (unpaired) electrons. The first-order valence-electron chi connectivity index (χ1n) is 6.67. The number of nitrogens with two attached hydrogens (primary N) is 1. The molecule has 0 bridgehead atoms. The van der Waals surface area contributed by atoms with Crippen molar-refractivity contribution in [3.8, 4) is 0 Å². The molecule has 102 valence electrons. The molecule has 5 heteroatoms. The van der Waals surface area contributed by atoms with Gasteiger partial charge in [0.25, 0.3) is 0 Å². The summed E-state index contributed by atoms with van der Waals surface area (Å²) in [6.07, 6.45) is 3.94. The van der Waals surface area contributed by atoms with Crippen LogP contribution in [0.4, 0.5) is 0 Å². The molecule has 2 unspecified atom stereocenters. The van der Waals surface area contributed by atoms with Crippen LogP contribution >= 0.6 is 11.6 Å². The van der Waals surface area contributed by atoms with E-state index in [1.807, 2.05) is 11.6 Å². The maximum Gasteiger partial charge on any atom is 0.128 e. The van der Waals surface area contributed by atoms with Crippen LogP contribution < -0.4 is 5.73 Å². The molecule has 18 heavy (non-hydrogen) atoms. The smallest absolute Gasteiger partial charge is 0.128 e.